The van der Waals surface area contributed by atoms with Crippen LogP contribution >= 0.6 is 23.2 Å². The number of carbonyl (C=O) groups is 1. The van der Waals surface area contributed by atoms with Gasteiger partial charge in [-0.05, 0) is 23.8 Å². The average Bonchev–Trinajstić information content (AvgIpc) is 2.69. The molecule has 0 saturated heterocycles. The standard InChI is InChI=1S/C20H15Cl2FN2O4/c21-16-18(17(22)20(25-19(16)23)24-10-15(27)28)29-14-7-6-13(26)9-12(14)8-11-4-2-1-3-5-11/h1-7,9,26H,8,10H2,(H,24,25)(H,27,28). The highest BCUT2D eigenvalue weighted by Crippen LogP contribution is 2.42. The van der Waals surface area contributed by atoms with Crippen molar-refractivity contribution in [1.82, 2.24) is 4.98 Å². The minimum absolute atomic E-state index is 0.0326. The van der Waals surface area contributed by atoms with Crippen LogP contribution in [-0.4, -0.2) is 27.7 Å². The lowest BCUT2D eigenvalue weighted by atomic mass is 10.0. The maximum atomic E-state index is 14.1. The van der Waals surface area contributed by atoms with Crippen molar-refractivity contribution in [3.05, 3.63) is 75.7 Å². The van der Waals surface area contributed by atoms with E-state index in [1.807, 2.05) is 30.3 Å². The second-order valence-corrected chi connectivity index (χ2v) is 6.77. The molecule has 0 fully saturated rings. The molecule has 0 unspecified atom stereocenters. The van der Waals surface area contributed by atoms with Crippen molar-refractivity contribution in [3.8, 4) is 17.2 Å². The monoisotopic (exact) mass is 436 g/mol. The van der Waals surface area contributed by atoms with Crippen molar-refractivity contribution in [3.63, 3.8) is 0 Å². The fraction of sp³-hybridized carbons (Fsp3) is 0.100. The molecule has 0 aliphatic carbocycles. The summed E-state index contributed by atoms with van der Waals surface area (Å²) in [5.74, 6) is -2.34. The molecule has 3 rings (SSSR count). The zero-order chi connectivity index (χ0) is 21.0. The first-order chi connectivity index (χ1) is 13.8. The van der Waals surface area contributed by atoms with E-state index in [1.54, 1.807) is 0 Å². The molecule has 0 saturated carbocycles. The van der Waals surface area contributed by atoms with Gasteiger partial charge in [-0.25, -0.2) is 0 Å². The highest BCUT2D eigenvalue weighted by molar-refractivity contribution is 6.38. The zero-order valence-electron chi connectivity index (χ0n) is 14.8. The quantitative estimate of drug-likeness (QED) is 0.445. The van der Waals surface area contributed by atoms with Crippen molar-refractivity contribution in [2.24, 2.45) is 0 Å². The van der Waals surface area contributed by atoms with E-state index >= 15 is 0 Å². The summed E-state index contributed by atoms with van der Waals surface area (Å²) >= 11 is 12.2. The Balaban J connectivity index is 1.98. The number of rotatable bonds is 7. The number of anilines is 1. The molecule has 6 nitrogen and oxygen atoms in total. The van der Waals surface area contributed by atoms with Gasteiger partial charge in [0.1, 0.15) is 28.1 Å². The molecule has 2 aromatic carbocycles. The number of ether oxygens (including phenoxy) is 1. The second-order valence-electron chi connectivity index (χ2n) is 6.01. The summed E-state index contributed by atoms with van der Waals surface area (Å²) in [6.45, 7) is -0.522. The Morgan fingerprint density at radius 3 is 2.55 bits per heavy atom. The molecule has 1 heterocycles. The topological polar surface area (TPSA) is 91.7 Å². The Hall–Kier alpha value is -3.03. The molecule has 3 aromatic rings. The summed E-state index contributed by atoms with van der Waals surface area (Å²) in [5.41, 5.74) is 1.57. The maximum absolute atomic E-state index is 14.1. The molecule has 0 radical (unpaired) electrons. The molecule has 1 aromatic heterocycles. The Bertz CT molecular complexity index is 1050. The average molecular weight is 437 g/mol. The van der Waals surface area contributed by atoms with Gasteiger partial charge in [-0.1, -0.05) is 53.5 Å². The highest BCUT2D eigenvalue weighted by Gasteiger charge is 2.21. The van der Waals surface area contributed by atoms with Gasteiger partial charge in [-0.2, -0.15) is 9.37 Å². The number of phenols is 1. The smallest absolute Gasteiger partial charge is 0.322 e. The first kappa shape index (κ1) is 20.7. The van der Waals surface area contributed by atoms with E-state index in [0.29, 0.717) is 17.7 Å². The van der Waals surface area contributed by atoms with E-state index in [4.69, 9.17) is 33.0 Å². The summed E-state index contributed by atoms with van der Waals surface area (Å²) in [6.07, 6.45) is 0.428. The molecular formula is C20H15Cl2FN2O4. The molecule has 9 heteroatoms. The highest BCUT2D eigenvalue weighted by atomic mass is 35.5. The van der Waals surface area contributed by atoms with Gasteiger partial charge in [0.25, 0.3) is 0 Å². The Morgan fingerprint density at radius 1 is 1.14 bits per heavy atom. The van der Waals surface area contributed by atoms with Crippen LogP contribution in [0.5, 0.6) is 17.2 Å². The minimum Gasteiger partial charge on any atom is -0.508 e. The lowest BCUT2D eigenvalue weighted by Crippen LogP contribution is -2.14. The van der Waals surface area contributed by atoms with Crippen LogP contribution in [0.1, 0.15) is 11.1 Å². The van der Waals surface area contributed by atoms with Crippen LogP contribution in [0, 0.1) is 5.95 Å². The SMILES string of the molecule is O=C(O)CNc1nc(F)c(Cl)c(Oc2ccc(O)cc2Cc2ccccc2)c1Cl. The van der Waals surface area contributed by atoms with Crippen molar-refractivity contribution >= 4 is 35.0 Å². The van der Waals surface area contributed by atoms with Gasteiger partial charge in [0.05, 0.1) is 0 Å². The summed E-state index contributed by atoms with van der Waals surface area (Å²) in [7, 11) is 0. The predicted octanol–water partition coefficient (Wildman–Crippen LogP) is 5.11. The summed E-state index contributed by atoms with van der Waals surface area (Å²) in [6, 6.07) is 13.9. The number of nitrogens with one attached hydrogen (secondary N) is 1. The molecule has 0 spiro atoms. The fourth-order valence-electron chi connectivity index (χ4n) is 2.59. The molecule has 0 atom stereocenters. The summed E-state index contributed by atoms with van der Waals surface area (Å²) < 4.78 is 19.9. The molecule has 3 N–H and O–H groups in total. The number of aliphatic carboxylic acids is 1. The number of halogens is 3. The van der Waals surface area contributed by atoms with Crippen LogP contribution in [0.15, 0.2) is 48.5 Å². The molecule has 150 valence electrons. The lowest BCUT2D eigenvalue weighted by molar-refractivity contribution is -0.134. The van der Waals surface area contributed by atoms with E-state index in [-0.39, 0.29) is 22.3 Å². The Labute approximate surface area is 175 Å². The van der Waals surface area contributed by atoms with Crippen molar-refractivity contribution < 1.29 is 24.1 Å². The Morgan fingerprint density at radius 2 is 1.86 bits per heavy atom. The number of benzene rings is 2. The minimum atomic E-state index is -1.18. The number of carboxylic acid groups (broad SMARTS) is 1. The normalized spacial score (nSPS) is 10.6. The summed E-state index contributed by atoms with van der Waals surface area (Å²) in [5, 5.41) is 20.4. The van der Waals surface area contributed by atoms with Gasteiger partial charge in [-0.15, -0.1) is 0 Å². The van der Waals surface area contributed by atoms with Gasteiger partial charge in [0.2, 0.25) is 5.95 Å². The van der Waals surface area contributed by atoms with Gasteiger partial charge >= 0.3 is 5.97 Å². The number of nitrogens with zero attached hydrogens (tertiary/aromatic N) is 1. The van der Waals surface area contributed by atoms with Crippen LogP contribution in [-0.2, 0) is 11.2 Å². The van der Waals surface area contributed by atoms with E-state index in [9.17, 15) is 14.3 Å². The largest absolute Gasteiger partial charge is 0.508 e. The number of phenolic OH excluding ortho intramolecular Hbond substituents is 1. The van der Waals surface area contributed by atoms with Gasteiger partial charge in [0, 0.05) is 12.0 Å². The predicted molar refractivity (Wildman–Crippen MR) is 108 cm³/mol. The molecular weight excluding hydrogens is 422 g/mol. The van der Waals surface area contributed by atoms with Crippen LogP contribution in [0.4, 0.5) is 10.2 Å². The first-order valence-corrected chi connectivity index (χ1v) is 9.14. The third-order valence-electron chi connectivity index (χ3n) is 3.90. The number of aromatic hydroxyl groups is 1. The van der Waals surface area contributed by atoms with Gasteiger partial charge < -0.3 is 20.3 Å². The number of carboxylic acids is 1. The third kappa shape index (κ3) is 5.07. The fourth-order valence-corrected chi connectivity index (χ4v) is 3.06. The zero-order valence-corrected chi connectivity index (χ0v) is 16.3. The van der Waals surface area contributed by atoms with E-state index in [1.165, 1.54) is 18.2 Å². The third-order valence-corrected chi connectivity index (χ3v) is 4.58. The van der Waals surface area contributed by atoms with E-state index in [2.05, 4.69) is 10.3 Å². The number of hydrogen-bond acceptors (Lipinski definition) is 5. The molecule has 0 bridgehead atoms. The van der Waals surface area contributed by atoms with Crippen LogP contribution in [0.2, 0.25) is 10.0 Å². The van der Waals surface area contributed by atoms with Crippen LogP contribution in [0.3, 0.4) is 0 Å². The van der Waals surface area contributed by atoms with Crippen molar-refractivity contribution in [2.75, 3.05) is 11.9 Å². The van der Waals surface area contributed by atoms with Crippen molar-refractivity contribution in [1.29, 1.82) is 0 Å². The number of hydrogen-bond donors (Lipinski definition) is 3. The first-order valence-electron chi connectivity index (χ1n) is 8.39. The number of pyridine rings is 1. The summed E-state index contributed by atoms with van der Waals surface area (Å²) in [4.78, 5) is 14.3. The Kier molecular flexibility index (Phi) is 6.41. The second kappa shape index (κ2) is 8.98. The van der Waals surface area contributed by atoms with Crippen molar-refractivity contribution in [2.45, 2.75) is 6.42 Å². The molecule has 0 aliphatic heterocycles. The van der Waals surface area contributed by atoms with E-state index in [0.717, 1.165) is 5.56 Å². The number of aromatic nitrogens is 1. The van der Waals surface area contributed by atoms with Gasteiger partial charge in [-0.3, -0.25) is 4.79 Å². The van der Waals surface area contributed by atoms with Gasteiger partial charge in [0.15, 0.2) is 11.6 Å². The van der Waals surface area contributed by atoms with Crippen LogP contribution < -0.4 is 10.1 Å². The maximum Gasteiger partial charge on any atom is 0.322 e. The van der Waals surface area contributed by atoms with Crippen LogP contribution in [0.25, 0.3) is 0 Å². The molecule has 29 heavy (non-hydrogen) atoms. The lowest BCUT2D eigenvalue weighted by Gasteiger charge is -2.16. The molecule has 0 aliphatic rings. The molecule has 0 amide bonds. The van der Waals surface area contributed by atoms with E-state index < -0.39 is 23.5 Å².